The normalized spacial score (nSPS) is 19.7. The number of rotatable bonds is 6. The molecule has 26 heavy (non-hydrogen) atoms. The standard InChI is InChI=1S/C19H22FN3O3/c20-15-3-5-17(6-4-15)26-13-19(24)22-9-16-7-8-21-23(16)11-18(10-22)25-12-14-1-2-14/h3-8,14,18H,1-2,9-13H2. The third-order valence-corrected chi connectivity index (χ3v) is 4.75. The van der Waals surface area contributed by atoms with Crippen molar-refractivity contribution >= 4 is 5.91 Å². The van der Waals surface area contributed by atoms with Gasteiger partial charge in [-0.15, -0.1) is 0 Å². The summed E-state index contributed by atoms with van der Waals surface area (Å²) in [6.45, 7) is 2.30. The Labute approximate surface area is 151 Å². The van der Waals surface area contributed by atoms with Crippen LogP contribution in [0.15, 0.2) is 36.5 Å². The predicted octanol–water partition coefficient (Wildman–Crippen LogP) is 2.24. The number of carbonyl (C=O) groups excluding carboxylic acids is 1. The summed E-state index contributed by atoms with van der Waals surface area (Å²) in [5.41, 5.74) is 0.984. The van der Waals surface area contributed by atoms with Crippen LogP contribution >= 0.6 is 0 Å². The van der Waals surface area contributed by atoms with E-state index in [1.165, 1.54) is 37.1 Å². The van der Waals surface area contributed by atoms with Crippen molar-refractivity contribution in [1.82, 2.24) is 14.7 Å². The highest BCUT2D eigenvalue weighted by Crippen LogP contribution is 2.29. The first kappa shape index (κ1) is 17.0. The van der Waals surface area contributed by atoms with E-state index in [0.29, 0.717) is 31.3 Å². The van der Waals surface area contributed by atoms with E-state index < -0.39 is 0 Å². The molecule has 2 aliphatic rings. The second-order valence-corrected chi connectivity index (χ2v) is 6.92. The van der Waals surface area contributed by atoms with Gasteiger partial charge in [0.1, 0.15) is 11.6 Å². The van der Waals surface area contributed by atoms with Crippen LogP contribution in [-0.2, 0) is 22.6 Å². The molecule has 0 radical (unpaired) electrons. The molecule has 1 amide bonds. The lowest BCUT2D eigenvalue weighted by Gasteiger charge is -2.24. The third kappa shape index (κ3) is 4.22. The van der Waals surface area contributed by atoms with Gasteiger partial charge in [0.15, 0.2) is 6.61 Å². The Bertz CT molecular complexity index is 758. The molecule has 2 heterocycles. The average Bonchev–Trinajstić information content (AvgIpc) is 3.41. The van der Waals surface area contributed by atoms with Gasteiger partial charge in [-0.25, -0.2) is 4.39 Å². The minimum absolute atomic E-state index is 0.0773. The van der Waals surface area contributed by atoms with Crippen molar-refractivity contribution in [3.05, 3.63) is 48.0 Å². The zero-order valence-electron chi connectivity index (χ0n) is 14.5. The molecule has 0 N–H and O–H groups in total. The van der Waals surface area contributed by atoms with E-state index in [1.54, 1.807) is 11.1 Å². The van der Waals surface area contributed by atoms with Crippen LogP contribution in [0.1, 0.15) is 18.5 Å². The van der Waals surface area contributed by atoms with E-state index >= 15 is 0 Å². The minimum atomic E-state index is -0.333. The SMILES string of the molecule is O=C(COc1ccc(F)cc1)N1Cc2ccnn2CC(OCC2CC2)C1. The summed E-state index contributed by atoms with van der Waals surface area (Å²) in [6.07, 6.45) is 4.13. The monoisotopic (exact) mass is 359 g/mol. The smallest absolute Gasteiger partial charge is 0.260 e. The first-order chi connectivity index (χ1) is 12.7. The summed E-state index contributed by atoms with van der Waals surface area (Å²) < 4.78 is 26.4. The van der Waals surface area contributed by atoms with Gasteiger partial charge in [0.2, 0.25) is 0 Å². The summed E-state index contributed by atoms with van der Waals surface area (Å²) in [6, 6.07) is 7.58. The van der Waals surface area contributed by atoms with Crippen molar-refractivity contribution in [1.29, 1.82) is 0 Å². The van der Waals surface area contributed by atoms with Gasteiger partial charge < -0.3 is 14.4 Å². The molecule has 1 aromatic carbocycles. The molecule has 7 heteroatoms. The van der Waals surface area contributed by atoms with Crippen molar-refractivity contribution < 1.29 is 18.7 Å². The highest BCUT2D eigenvalue weighted by molar-refractivity contribution is 5.77. The molecule has 1 aliphatic carbocycles. The molecule has 0 bridgehead atoms. The molecule has 1 aromatic heterocycles. The fourth-order valence-electron chi connectivity index (χ4n) is 3.03. The molecule has 0 saturated heterocycles. The number of hydrogen-bond donors (Lipinski definition) is 0. The van der Waals surface area contributed by atoms with Gasteiger partial charge in [-0.1, -0.05) is 0 Å². The molecular weight excluding hydrogens is 337 g/mol. The molecule has 0 spiro atoms. The Balaban J connectivity index is 1.39. The van der Waals surface area contributed by atoms with E-state index in [9.17, 15) is 9.18 Å². The maximum absolute atomic E-state index is 13.0. The Morgan fingerprint density at radius 3 is 2.77 bits per heavy atom. The topological polar surface area (TPSA) is 56.6 Å². The zero-order valence-corrected chi connectivity index (χ0v) is 14.5. The molecule has 6 nitrogen and oxygen atoms in total. The molecule has 138 valence electrons. The van der Waals surface area contributed by atoms with Crippen LogP contribution < -0.4 is 4.74 Å². The summed E-state index contributed by atoms with van der Waals surface area (Å²) in [7, 11) is 0. The predicted molar refractivity (Wildman–Crippen MR) is 92.0 cm³/mol. The highest BCUT2D eigenvalue weighted by Gasteiger charge is 2.28. The van der Waals surface area contributed by atoms with Crippen molar-refractivity contribution in [2.24, 2.45) is 5.92 Å². The zero-order chi connectivity index (χ0) is 17.9. The number of carbonyl (C=O) groups is 1. The first-order valence-electron chi connectivity index (χ1n) is 8.96. The van der Waals surface area contributed by atoms with E-state index in [-0.39, 0.29) is 24.4 Å². The summed E-state index contributed by atoms with van der Waals surface area (Å²) in [5, 5.41) is 4.34. The van der Waals surface area contributed by atoms with Crippen LogP contribution in [0.3, 0.4) is 0 Å². The van der Waals surface area contributed by atoms with Crippen LogP contribution in [-0.4, -0.2) is 46.5 Å². The number of nitrogens with zero attached hydrogens (tertiary/aromatic N) is 3. The molecule has 2 aromatic rings. The second-order valence-electron chi connectivity index (χ2n) is 6.92. The van der Waals surface area contributed by atoms with E-state index in [0.717, 1.165) is 12.3 Å². The maximum atomic E-state index is 13.0. The first-order valence-corrected chi connectivity index (χ1v) is 8.96. The fraction of sp³-hybridized carbons (Fsp3) is 0.474. The number of hydrogen-bond acceptors (Lipinski definition) is 4. The Morgan fingerprint density at radius 1 is 1.19 bits per heavy atom. The van der Waals surface area contributed by atoms with Crippen LogP contribution in [0.4, 0.5) is 4.39 Å². The highest BCUT2D eigenvalue weighted by atomic mass is 19.1. The fourth-order valence-corrected chi connectivity index (χ4v) is 3.03. The second kappa shape index (κ2) is 7.45. The van der Waals surface area contributed by atoms with Crippen molar-refractivity contribution in [3.8, 4) is 5.75 Å². The van der Waals surface area contributed by atoms with Gasteiger partial charge in [0.05, 0.1) is 24.9 Å². The van der Waals surface area contributed by atoms with E-state index in [4.69, 9.17) is 9.47 Å². The summed E-state index contributed by atoms with van der Waals surface area (Å²) in [4.78, 5) is 14.4. The van der Waals surface area contributed by atoms with Crippen molar-refractivity contribution in [2.75, 3.05) is 19.8 Å². The number of benzene rings is 1. The quantitative estimate of drug-likeness (QED) is 0.794. The molecule has 1 unspecified atom stereocenters. The average molecular weight is 359 g/mol. The largest absolute Gasteiger partial charge is 0.484 e. The molecule has 1 atom stereocenters. The van der Waals surface area contributed by atoms with Crippen LogP contribution in [0.25, 0.3) is 0 Å². The minimum Gasteiger partial charge on any atom is -0.484 e. The van der Waals surface area contributed by atoms with Gasteiger partial charge in [-0.05, 0) is 49.1 Å². The third-order valence-electron chi connectivity index (χ3n) is 4.75. The molecule has 4 rings (SSSR count). The van der Waals surface area contributed by atoms with Gasteiger partial charge >= 0.3 is 0 Å². The molecule has 1 aliphatic heterocycles. The summed E-state index contributed by atoms with van der Waals surface area (Å²) >= 11 is 0. The molecular formula is C19H22FN3O3. The molecule has 1 saturated carbocycles. The number of ether oxygens (including phenoxy) is 2. The lowest BCUT2D eigenvalue weighted by atomic mass is 10.3. The number of fused-ring (bicyclic) bond motifs is 1. The van der Waals surface area contributed by atoms with E-state index in [1.807, 2.05) is 10.7 Å². The maximum Gasteiger partial charge on any atom is 0.260 e. The lowest BCUT2D eigenvalue weighted by molar-refractivity contribution is -0.136. The van der Waals surface area contributed by atoms with Crippen molar-refractivity contribution in [3.63, 3.8) is 0 Å². The Hall–Kier alpha value is -2.41. The van der Waals surface area contributed by atoms with Gasteiger partial charge in [-0.3, -0.25) is 9.48 Å². The van der Waals surface area contributed by atoms with E-state index in [2.05, 4.69) is 5.10 Å². The van der Waals surface area contributed by atoms with Gasteiger partial charge in [0.25, 0.3) is 5.91 Å². The van der Waals surface area contributed by atoms with Gasteiger partial charge in [-0.2, -0.15) is 5.10 Å². The van der Waals surface area contributed by atoms with Crippen LogP contribution in [0.5, 0.6) is 5.75 Å². The number of halogens is 1. The summed E-state index contributed by atoms with van der Waals surface area (Å²) in [5.74, 6) is 0.687. The number of amides is 1. The number of aromatic nitrogens is 2. The Morgan fingerprint density at radius 2 is 2.00 bits per heavy atom. The lowest BCUT2D eigenvalue weighted by Crippen LogP contribution is -2.40. The van der Waals surface area contributed by atoms with Crippen LogP contribution in [0.2, 0.25) is 0 Å². The van der Waals surface area contributed by atoms with Crippen LogP contribution in [0, 0.1) is 11.7 Å². The van der Waals surface area contributed by atoms with Gasteiger partial charge in [0, 0.05) is 19.3 Å². The molecule has 1 fully saturated rings. The van der Waals surface area contributed by atoms with Crippen molar-refractivity contribution in [2.45, 2.75) is 32.0 Å². The Kier molecular flexibility index (Phi) is 4.88.